The highest BCUT2D eigenvalue weighted by atomic mass is 35.5. The van der Waals surface area contributed by atoms with E-state index < -0.39 is 35.8 Å². The highest BCUT2D eigenvalue weighted by molar-refractivity contribution is 6.39. The van der Waals surface area contributed by atoms with Crippen molar-refractivity contribution in [2.75, 3.05) is 6.54 Å². The Labute approximate surface area is 227 Å². The number of amides is 4. The predicted molar refractivity (Wildman–Crippen MR) is 138 cm³/mol. The van der Waals surface area contributed by atoms with Crippen molar-refractivity contribution in [1.82, 2.24) is 21.3 Å². The van der Waals surface area contributed by atoms with E-state index in [1.165, 1.54) is 30.5 Å². The van der Waals surface area contributed by atoms with Crippen LogP contribution in [0.2, 0.25) is 10.0 Å². The lowest BCUT2D eigenvalue weighted by Crippen LogP contribution is -2.46. The molecule has 1 aromatic heterocycles. The molecular weight excluding hydrogens is 539 g/mol. The van der Waals surface area contributed by atoms with Gasteiger partial charge in [0, 0.05) is 25.6 Å². The molecule has 3 rings (SSSR count). The van der Waals surface area contributed by atoms with Gasteiger partial charge in [-0.1, -0.05) is 29.8 Å². The summed E-state index contributed by atoms with van der Waals surface area (Å²) in [5, 5.41) is 19.4. The maximum absolute atomic E-state index is 12.8. The second-order valence-corrected chi connectivity index (χ2v) is 9.09. The van der Waals surface area contributed by atoms with Crippen LogP contribution < -0.4 is 21.3 Å². The zero-order chi connectivity index (χ0) is 27.8. The Bertz CT molecular complexity index is 1270. The summed E-state index contributed by atoms with van der Waals surface area (Å²) in [6.07, 6.45) is 4.16. The molecule has 2 aromatic rings. The van der Waals surface area contributed by atoms with Crippen LogP contribution in [-0.2, 0) is 25.7 Å². The summed E-state index contributed by atoms with van der Waals surface area (Å²) in [6, 6.07) is 3.98. The number of hydrogen-bond acceptors (Lipinski definition) is 6. The summed E-state index contributed by atoms with van der Waals surface area (Å²) in [6.45, 7) is 3.64. The van der Waals surface area contributed by atoms with Crippen LogP contribution >= 0.6 is 23.2 Å². The van der Waals surface area contributed by atoms with Crippen LogP contribution in [0.3, 0.4) is 0 Å². The van der Waals surface area contributed by atoms with Gasteiger partial charge in [-0.15, -0.1) is 0 Å². The molecule has 11 nitrogen and oxygen atoms in total. The number of aliphatic carboxylic acids is 1. The number of halogens is 2. The lowest BCUT2D eigenvalue weighted by atomic mass is 10.1. The van der Waals surface area contributed by atoms with Crippen LogP contribution in [0.1, 0.15) is 34.5 Å². The van der Waals surface area contributed by atoms with Crippen molar-refractivity contribution in [2.24, 2.45) is 0 Å². The first-order valence-electron chi connectivity index (χ1n) is 11.3. The molecular formula is C25H24Cl2N4O7. The van der Waals surface area contributed by atoms with Crippen LogP contribution in [0.15, 0.2) is 53.2 Å². The standard InChI is InChI=1S/C25H24Cl2N4O7/c1-13-9-20(33)31-22(13)24(35)28-7-6-18(25(36)37)30-23(34)21-16(26)10-14(11-17(21)27)12-29-19(32)5-4-15-3-2-8-38-15/h2-5,8,10-11,18,22H,1,6-7,9,12H2,(H,28,35)(H,29,32)(H,30,34)(H,31,33)(H,36,37)/b5-4+/t18-,22+/m0/s1. The minimum atomic E-state index is -1.36. The fourth-order valence-corrected chi connectivity index (χ4v) is 4.24. The summed E-state index contributed by atoms with van der Waals surface area (Å²) in [5.41, 5.74) is 0.781. The molecule has 0 saturated carbocycles. The van der Waals surface area contributed by atoms with Crippen LogP contribution in [0, 0.1) is 0 Å². The molecule has 0 unspecified atom stereocenters. The number of hydrogen-bond donors (Lipinski definition) is 5. The van der Waals surface area contributed by atoms with Gasteiger partial charge >= 0.3 is 5.97 Å². The van der Waals surface area contributed by atoms with Gasteiger partial charge in [0.25, 0.3) is 5.91 Å². The molecule has 200 valence electrons. The average molecular weight is 563 g/mol. The highest BCUT2D eigenvalue weighted by Crippen LogP contribution is 2.27. The highest BCUT2D eigenvalue weighted by Gasteiger charge is 2.31. The number of carboxylic acids is 1. The second-order valence-electron chi connectivity index (χ2n) is 8.28. The second kappa shape index (κ2) is 12.9. The van der Waals surface area contributed by atoms with E-state index in [1.807, 2.05) is 0 Å². The Kier molecular flexibility index (Phi) is 9.69. The van der Waals surface area contributed by atoms with Crippen molar-refractivity contribution < 1.29 is 33.5 Å². The van der Waals surface area contributed by atoms with Gasteiger partial charge in [-0.3, -0.25) is 19.2 Å². The third-order valence-electron chi connectivity index (χ3n) is 5.44. The van der Waals surface area contributed by atoms with E-state index in [2.05, 4.69) is 27.8 Å². The zero-order valence-corrected chi connectivity index (χ0v) is 21.4. The van der Waals surface area contributed by atoms with Crippen LogP contribution in [0.4, 0.5) is 0 Å². The first-order chi connectivity index (χ1) is 18.0. The topological polar surface area (TPSA) is 167 Å². The molecule has 5 N–H and O–H groups in total. The molecule has 1 aliphatic rings. The maximum Gasteiger partial charge on any atom is 0.326 e. The van der Waals surface area contributed by atoms with Crippen molar-refractivity contribution in [3.63, 3.8) is 0 Å². The number of carbonyl (C=O) groups excluding carboxylic acids is 4. The number of rotatable bonds is 11. The number of nitrogens with one attached hydrogen (secondary N) is 4. The molecule has 1 fully saturated rings. The van der Waals surface area contributed by atoms with Crippen LogP contribution in [-0.4, -0.2) is 53.3 Å². The zero-order valence-electron chi connectivity index (χ0n) is 19.9. The minimum Gasteiger partial charge on any atom is -0.480 e. The van der Waals surface area contributed by atoms with Crippen molar-refractivity contribution in [3.8, 4) is 0 Å². The van der Waals surface area contributed by atoms with E-state index >= 15 is 0 Å². The van der Waals surface area contributed by atoms with Gasteiger partial charge in [0.05, 0.1) is 21.9 Å². The average Bonchev–Trinajstić information content (AvgIpc) is 3.49. The van der Waals surface area contributed by atoms with Crippen molar-refractivity contribution in [1.29, 1.82) is 0 Å². The molecule has 0 spiro atoms. The Balaban J connectivity index is 1.55. The number of benzene rings is 1. The van der Waals surface area contributed by atoms with E-state index in [1.54, 1.807) is 12.1 Å². The Morgan fingerprint density at radius 2 is 1.92 bits per heavy atom. The number of carboxylic acid groups (broad SMARTS) is 1. The molecule has 0 bridgehead atoms. The van der Waals surface area contributed by atoms with Gasteiger partial charge in [0.15, 0.2) is 0 Å². The fraction of sp³-hybridized carbons (Fsp3) is 0.240. The van der Waals surface area contributed by atoms with E-state index in [0.29, 0.717) is 16.9 Å². The summed E-state index contributed by atoms with van der Waals surface area (Å²) in [4.78, 5) is 60.1. The van der Waals surface area contributed by atoms with Gasteiger partial charge in [-0.05, 0) is 47.9 Å². The first-order valence-corrected chi connectivity index (χ1v) is 12.1. The fourth-order valence-electron chi connectivity index (χ4n) is 3.54. The molecule has 0 aliphatic carbocycles. The predicted octanol–water partition coefficient (Wildman–Crippen LogP) is 2.05. The SMILES string of the molecule is C=C1CC(=O)N[C@H]1C(=O)NCC[C@H](NC(=O)c1c(Cl)cc(CNC(=O)/C=C/c2ccco2)cc1Cl)C(=O)O. The Hall–Kier alpha value is -4.09. The van der Waals surface area contributed by atoms with Gasteiger partial charge in [0.2, 0.25) is 17.7 Å². The minimum absolute atomic E-state index is 0.0431. The monoisotopic (exact) mass is 562 g/mol. The number of carbonyl (C=O) groups is 5. The lowest BCUT2D eigenvalue weighted by Gasteiger charge is -2.17. The van der Waals surface area contributed by atoms with E-state index in [9.17, 15) is 29.1 Å². The maximum atomic E-state index is 12.8. The van der Waals surface area contributed by atoms with Crippen molar-refractivity contribution >= 4 is 58.9 Å². The summed E-state index contributed by atoms with van der Waals surface area (Å²) in [7, 11) is 0. The van der Waals surface area contributed by atoms with Gasteiger partial charge in [-0.2, -0.15) is 0 Å². The van der Waals surface area contributed by atoms with Gasteiger partial charge < -0.3 is 30.8 Å². The number of furan rings is 1. The quantitative estimate of drug-likeness (QED) is 0.206. The molecule has 38 heavy (non-hydrogen) atoms. The molecule has 2 atom stereocenters. The molecule has 0 radical (unpaired) electrons. The summed E-state index contributed by atoms with van der Waals surface area (Å²) in [5.74, 6) is -2.90. The summed E-state index contributed by atoms with van der Waals surface area (Å²) >= 11 is 12.5. The van der Waals surface area contributed by atoms with Gasteiger partial charge in [0.1, 0.15) is 17.8 Å². The third-order valence-corrected chi connectivity index (χ3v) is 6.03. The Morgan fingerprint density at radius 1 is 1.21 bits per heavy atom. The smallest absolute Gasteiger partial charge is 0.326 e. The first kappa shape index (κ1) is 28.5. The van der Waals surface area contributed by atoms with Crippen LogP contribution in [0.5, 0.6) is 0 Å². The molecule has 1 aliphatic heterocycles. The molecule has 2 heterocycles. The largest absolute Gasteiger partial charge is 0.480 e. The summed E-state index contributed by atoms with van der Waals surface area (Å²) < 4.78 is 5.10. The third kappa shape index (κ3) is 7.70. The molecule has 13 heteroatoms. The van der Waals surface area contributed by atoms with Crippen molar-refractivity contribution in [3.05, 3.63) is 75.7 Å². The van der Waals surface area contributed by atoms with E-state index in [0.717, 1.165) is 0 Å². The normalized spacial score (nSPS) is 15.7. The molecule has 4 amide bonds. The lowest BCUT2D eigenvalue weighted by molar-refractivity contribution is -0.139. The van der Waals surface area contributed by atoms with E-state index in [4.69, 9.17) is 27.6 Å². The molecule has 1 aromatic carbocycles. The van der Waals surface area contributed by atoms with Gasteiger partial charge in [-0.25, -0.2) is 4.79 Å². The van der Waals surface area contributed by atoms with Crippen LogP contribution in [0.25, 0.3) is 6.08 Å². The van der Waals surface area contributed by atoms with Crippen molar-refractivity contribution in [2.45, 2.75) is 31.5 Å². The van der Waals surface area contributed by atoms with E-state index in [-0.39, 0.29) is 47.4 Å². The molecule has 1 saturated heterocycles. The Morgan fingerprint density at radius 3 is 2.50 bits per heavy atom.